The van der Waals surface area contributed by atoms with Gasteiger partial charge in [0.25, 0.3) is 0 Å². The van der Waals surface area contributed by atoms with Gasteiger partial charge in [0.2, 0.25) is 0 Å². The number of hydrogen-bond acceptors (Lipinski definition) is 3. The number of carbonyl (C=O) groups excluding carboxylic acids is 2. The molecule has 2 rings (SSSR count). The van der Waals surface area contributed by atoms with E-state index in [4.69, 9.17) is 0 Å². The minimum Gasteiger partial charge on any atom is -0.338 e. The summed E-state index contributed by atoms with van der Waals surface area (Å²) in [6, 6.07) is -0.209. The number of halogens is 4. The molecule has 0 aromatic heterocycles. The molecule has 0 aliphatic carbocycles. The second-order valence-electron chi connectivity index (χ2n) is 5.42. The molecule has 138 valence electrons. The summed E-state index contributed by atoms with van der Waals surface area (Å²) in [5.74, 6) is -1.08. The Morgan fingerprint density at radius 2 is 2.08 bits per heavy atom. The normalized spacial score (nSPS) is 17.7. The van der Waals surface area contributed by atoms with Gasteiger partial charge < -0.3 is 10.6 Å². The van der Waals surface area contributed by atoms with Crippen LogP contribution < -0.4 is 10.6 Å². The maximum Gasteiger partial charge on any atom is 0.416 e. The summed E-state index contributed by atoms with van der Waals surface area (Å²) in [5.41, 5.74) is -1.98. The Bertz CT molecular complexity index is 827. The van der Waals surface area contributed by atoms with Crippen molar-refractivity contribution in [2.45, 2.75) is 26.1 Å². The molecule has 0 radical (unpaired) electrons. The van der Waals surface area contributed by atoms with Gasteiger partial charge in [0.05, 0.1) is 17.2 Å². The average Bonchev–Trinajstić information content (AvgIpc) is 2.53. The van der Waals surface area contributed by atoms with Crippen molar-refractivity contribution in [1.29, 1.82) is 5.26 Å². The van der Waals surface area contributed by atoms with E-state index in [1.165, 1.54) is 6.92 Å². The van der Waals surface area contributed by atoms with Gasteiger partial charge in [-0.2, -0.15) is 18.4 Å². The fourth-order valence-electron chi connectivity index (χ4n) is 2.55. The summed E-state index contributed by atoms with van der Waals surface area (Å²) in [5, 5.41) is 14.0. The number of nitrogens with one attached hydrogen (secondary N) is 2. The molecule has 0 fully saturated rings. The van der Waals surface area contributed by atoms with Gasteiger partial charge in [0.1, 0.15) is 11.9 Å². The highest BCUT2D eigenvalue weighted by atomic mass is 19.4. The average molecular weight is 370 g/mol. The minimum atomic E-state index is -4.76. The molecular weight excluding hydrogens is 356 g/mol. The Balaban J connectivity index is 2.71. The van der Waals surface area contributed by atoms with Gasteiger partial charge in [-0.05, 0) is 32.0 Å². The van der Waals surface area contributed by atoms with E-state index in [0.717, 1.165) is 0 Å². The van der Waals surface area contributed by atoms with Gasteiger partial charge in [-0.25, -0.2) is 18.9 Å². The van der Waals surface area contributed by atoms with Crippen LogP contribution in [0.15, 0.2) is 29.5 Å². The predicted molar refractivity (Wildman–Crippen MR) is 81.9 cm³/mol. The van der Waals surface area contributed by atoms with Crippen molar-refractivity contribution in [2.75, 3.05) is 6.54 Å². The van der Waals surface area contributed by atoms with Crippen molar-refractivity contribution < 1.29 is 27.2 Å². The molecule has 6 nitrogen and oxygen atoms in total. The number of nitrogens with zero attached hydrogens (tertiary/aromatic N) is 2. The summed E-state index contributed by atoms with van der Waals surface area (Å²) in [7, 11) is 0. The van der Waals surface area contributed by atoms with Gasteiger partial charge >= 0.3 is 18.2 Å². The van der Waals surface area contributed by atoms with Crippen molar-refractivity contribution >= 4 is 12.1 Å². The van der Waals surface area contributed by atoms with Gasteiger partial charge in [-0.3, -0.25) is 0 Å². The van der Waals surface area contributed by atoms with Gasteiger partial charge in [-0.15, -0.1) is 0 Å². The maximum absolute atomic E-state index is 14.3. The highest BCUT2D eigenvalue weighted by molar-refractivity contribution is 5.96. The third-order valence-corrected chi connectivity index (χ3v) is 3.73. The quantitative estimate of drug-likeness (QED) is 0.782. The maximum atomic E-state index is 14.3. The van der Waals surface area contributed by atoms with Gasteiger partial charge in [0.15, 0.2) is 0 Å². The smallest absolute Gasteiger partial charge is 0.338 e. The monoisotopic (exact) mass is 370 g/mol. The number of rotatable bonds is 2. The second kappa shape index (κ2) is 7.03. The van der Waals surface area contributed by atoms with Crippen molar-refractivity contribution in [1.82, 2.24) is 15.5 Å². The molecule has 0 saturated heterocycles. The Labute approximate surface area is 146 Å². The summed E-state index contributed by atoms with van der Waals surface area (Å²) in [4.78, 5) is 24.9. The van der Waals surface area contributed by atoms with Gasteiger partial charge in [0, 0.05) is 17.8 Å². The number of urea groups is 2. The largest absolute Gasteiger partial charge is 0.416 e. The highest BCUT2D eigenvalue weighted by Crippen LogP contribution is 2.38. The number of carbonyl (C=O) groups is 2. The molecule has 26 heavy (non-hydrogen) atoms. The fourth-order valence-corrected chi connectivity index (χ4v) is 2.55. The lowest BCUT2D eigenvalue weighted by atomic mass is 9.93. The van der Waals surface area contributed by atoms with Crippen LogP contribution in [0.3, 0.4) is 0 Å². The molecule has 1 unspecified atom stereocenters. The Kier molecular flexibility index (Phi) is 5.20. The van der Waals surface area contributed by atoms with E-state index in [2.05, 4.69) is 10.6 Å². The zero-order valence-corrected chi connectivity index (χ0v) is 13.7. The van der Waals surface area contributed by atoms with E-state index < -0.39 is 41.2 Å². The molecule has 1 heterocycles. The first kappa shape index (κ1) is 19.2. The van der Waals surface area contributed by atoms with Crippen LogP contribution in [0, 0.1) is 17.1 Å². The molecule has 1 aliphatic rings. The standard InChI is InChI=1S/C16H14F4N4O2/c1-3-22-14(25)24-13(11(7-21)8(2)23-15(24)26)10-6-9(16(18,19)20)4-5-12(10)17/h4-6,13H,3H2,1-2H3,(H,22,25)(H,23,26). The van der Waals surface area contributed by atoms with Crippen LogP contribution in [-0.2, 0) is 6.18 Å². The van der Waals surface area contributed by atoms with Crippen molar-refractivity contribution in [2.24, 2.45) is 0 Å². The van der Waals surface area contributed by atoms with E-state index in [1.807, 2.05) is 0 Å². The predicted octanol–water partition coefficient (Wildman–Crippen LogP) is 3.44. The lowest BCUT2D eigenvalue weighted by Gasteiger charge is -2.35. The molecule has 1 aliphatic heterocycles. The number of allylic oxidation sites excluding steroid dienone is 1. The summed E-state index contributed by atoms with van der Waals surface area (Å²) >= 11 is 0. The molecule has 1 aromatic carbocycles. The van der Waals surface area contributed by atoms with E-state index in [-0.39, 0.29) is 17.8 Å². The van der Waals surface area contributed by atoms with Crippen LogP contribution in [0.4, 0.5) is 27.2 Å². The van der Waals surface area contributed by atoms with Gasteiger partial charge in [-0.1, -0.05) is 0 Å². The third kappa shape index (κ3) is 3.46. The first-order chi connectivity index (χ1) is 12.1. The lowest BCUT2D eigenvalue weighted by molar-refractivity contribution is -0.137. The highest BCUT2D eigenvalue weighted by Gasteiger charge is 2.41. The molecule has 0 spiro atoms. The first-order valence-electron chi connectivity index (χ1n) is 7.47. The molecule has 0 saturated carbocycles. The fraction of sp³-hybridized carbons (Fsp3) is 0.312. The summed E-state index contributed by atoms with van der Waals surface area (Å²) in [6.07, 6.45) is -4.76. The van der Waals surface area contributed by atoms with E-state index in [9.17, 15) is 32.4 Å². The van der Waals surface area contributed by atoms with Crippen LogP contribution in [0.2, 0.25) is 0 Å². The van der Waals surface area contributed by atoms with E-state index >= 15 is 0 Å². The number of benzene rings is 1. The number of imide groups is 1. The second-order valence-corrected chi connectivity index (χ2v) is 5.42. The van der Waals surface area contributed by atoms with E-state index in [0.29, 0.717) is 23.1 Å². The molecule has 1 atom stereocenters. The Hall–Kier alpha value is -3.09. The van der Waals surface area contributed by atoms with Crippen LogP contribution in [0.1, 0.15) is 31.0 Å². The minimum absolute atomic E-state index is 0.0276. The van der Waals surface area contributed by atoms with Crippen molar-refractivity contribution in [3.05, 3.63) is 46.4 Å². The van der Waals surface area contributed by atoms with Crippen LogP contribution in [-0.4, -0.2) is 23.5 Å². The number of nitriles is 1. The zero-order valence-electron chi connectivity index (χ0n) is 13.7. The van der Waals surface area contributed by atoms with Crippen molar-refractivity contribution in [3.8, 4) is 6.07 Å². The lowest BCUT2D eigenvalue weighted by Crippen LogP contribution is -2.53. The number of amides is 4. The molecule has 0 bridgehead atoms. The first-order valence-corrected chi connectivity index (χ1v) is 7.47. The summed E-state index contributed by atoms with van der Waals surface area (Å²) in [6.45, 7) is 3.01. The molecule has 4 amide bonds. The number of hydrogen-bond donors (Lipinski definition) is 2. The molecular formula is C16H14F4N4O2. The Morgan fingerprint density at radius 1 is 1.42 bits per heavy atom. The third-order valence-electron chi connectivity index (χ3n) is 3.73. The molecule has 10 heteroatoms. The summed E-state index contributed by atoms with van der Waals surface area (Å²) < 4.78 is 53.4. The Morgan fingerprint density at radius 3 is 2.62 bits per heavy atom. The van der Waals surface area contributed by atoms with Crippen LogP contribution in [0.25, 0.3) is 0 Å². The van der Waals surface area contributed by atoms with Crippen LogP contribution >= 0.6 is 0 Å². The van der Waals surface area contributed by atoms with E-state index in [1.54, 1.807) is 13.0 Å². The van der Waals surface area contributed by atoms with Crippen molar-refractivity contribution in [3.63, 3.8) is 0 Å². The zero-order chi connectivity index (χ0) is 19.6. The number of alkyl halides is 3. The van der Waals surface area contributed by atoms with Crippen LogP contribution in [0.5, 0.6) is 0 Å². The molecule has 1 aromatic rings. The molecule has 2 N–H and O–H groups in total. The topological polar surface area (TPSA) is 85.2 Å². The SMILES string of the molecule is CCNC(=O)N1C(=O)NC(C)=C(C#N)C1c1cc(C(F)(F)F)ccc1F.